The van der Waals surface area contributed by atoms with Gasteiger partial charge in [0, 0.05) is 18.6 Å². The Morgan fingerprint density at radius 3 is 2.53 bits per heavy atom. The fourth-order valence-electron chi connectivity index (χ4n) is 2.73. The summed E-state index contributed by atoms with van der Waals surface area (Å²) in [5.41, 5.74) is 0. The van der Waals surface area contributed by atoms with Crippen molar-refractivity contribution in [2.75, 3.05) is 19.6 Å². The van der Waals surface area contributed by atoms with E-state index in [4.69, 9.17) is 0 Å². The Kier molecular flexibility index (Phi) is 6.50. The van der Waals surface area contributed by atoms with E-state index in [2.05, 4.69) is 44.8 Å². The molecule has 1 rings (SSSR count). The molecule has 0 amide bonds. The molecular formula is C15H32N2. The molecule has 0 saturated carbocycles. The van der Waals surface area contributed by atoms with Gasteiger partial charge in [-0.1, -0.05) is 34.1 Å². The molecule has 1 heterocycles. The monoisotopic (exact) mass is 240 g/mol. The van der Waals surface area contributed by atoms with Gasteiger partial charge in [0.15, 0.2) is 0 Å². The van der Waals surface area contributed by atoms with Gasteiger partial charge < -0.3 is 10.2 Å². The van der Waals surface area contributed by atoms with E-state index in [9.17, 15) is 0 Å². The van der Waals surface area contributed by atoms with Crippen molar-refractivity contribution in [1.29, 1.82) is 0 Å². The van der Waals surface area contributed by atoms with E-state index in [0.29, 0.717) is 6.04 Å². The molecule has 2 heteroatoms. The molecular weight excluding hydrogens is 208 g/mol. The number of hydrogen-bond acceptors (Lipinski definition) is 2. The van der Waals surface area contributed by atoms with E-state index in [0.717, 1.165) is 17.9 Å². The lowest BCUT2D eigenvalue weighted by molar-refractivity contribution is 0.214. The van der Waals surface area contributed by atoms with Crippen LogP contribution in [-0.4, -0.2) is 36.6 Å². The molecule has 0 spiro atoms. The van der Waals surface area contributed by atoms with Crippen LogP contribution in [0.4, 0.5) is 0 Å². The summed E-state index contributed by atoms with van der Waals surface area (Å²) in [5, 5.41) is 3.57. The van der Waals surface area contributed by atoms with Crippen LogP contribution in [0.5, 0.6) is 0 Å². The Morgan fingerprint density at radius 2 is 1.94 bits per heavy atom. The van der Waals surface area contributed by atoms with Crippen LogP contribution < -0.4 is 5.32 Å². The summed E-state index contributed by atoms with van der Waals surface area (Å²) < 4.78 is 0. The van der Waals surface area contributed by atoms with Gasteiger partial charge in [0.25, 0.3) is 0 Å². The number of hydrogen-bond donors (Lipinski definition) is 1. The molecule has 2 nitrogen and oxygen atoms in total. The van der Waals surface area contributed by atoms with Crippen LogP contribution >= 0.6 is 0 Å². The third-order valence-corrected chi connectivity index (χ3v) is 4.20. The first-order valence-corrected chi connectivity index (χ1v) is 7.50. The lowest BCUT2D eigenvalue weighted by Crippen LogP contribution is -2.34. The van der Waals surface area contributed by atoms with Crippen LogP contribution in [0.3, 0.4) is 0 Å². The van der Waals surface area contributed by atoms with Crippen molar-refractivity contribution < 1.29 is 0 Å². The van der Waals surface area contributed by atoms with Crippen molar-refractivity contribution in [3.63, 3.8) is 0 Å². The lowest BCUT2D eigenvalue weighted by Gasteiger charge is -2.26. The Bertz CT molecular complexity index is 203. The molecule has 102 valence electrons. The lowest BCUT2D eigenvalue weighted by atomic mass is 9.99. The minimum atomic E-state index is 0.626. The SMILES string of the molecule is CCC(C)CC(C)N1CCC(CNC(C)C)C1. The van der Waals surface area contributed by atoms with Gasteiger partial charge in [-0.2, -0.15) is 0 Å². The molecule has 1 aliphatic rings. The van der Waals surface area contributed by atoms with Gasteiger partial charge in [-0.25, -0.2) is 0 Å². The minimum absolute atomic E-state index is 0.626. The average Bonchev–Trinajstić information content (AvgIpc) is 2.74. The number of nitrogens with one attached hydrogen (secondary N) is 1. The van der Waals surface area contributed by atoms with Gasteiger partial charge in [-0.15, -0.1) is 0 Å². The van der Waals surface area contributed by atoms with Crippen molar-refractivity contribution in [3.05, 3.63) is 0 Å². The summed E-state index contributed by atoms with van der Waals surface area (Å²) in [5.74, 6) is 1.75. The van der Waals surface area contributed by atoms with Gasteiger partial charge in [-0.3, -0.25) is 0 Å². The molecule has 1 aliphatic heterocycles. The van der Waals surface area contributed by atoms with Crippen LogP contribution in [0, 0.1) is 11.8 Å². The quantitative estimate of drug-likeness (QED) is 0.735. The zero-order valence-electron chi connectivity index (χ0n) is 12.5. The van der Waals surface area contributed by atoms with E-state index in [1.807, 2.05) is 0 Å². The van der Waals surface area contributed by atoms with E-state index in [1.54, 1.807) is 0 Å². The predicted octanol–water partition coefficient (Wildman–Crippen LogP) is 3.13. The highest BCUT2D eigenvalue weighted by Gasteiger charge is 2.26. The van der Waals surface area contributed by atoms with E-state index in [1.165, 1.54) is 38.9 Å². The fraction of sp³-hybridized carbons (Fsp3) is 1.00. The molecule has 3 unspecified atom stereocenters. The van der Waals surface area contributed by atoms with Gasteiger partial charge in [0.1, 0.15) is 0 Å². The Morgan fingerprint density at radius 1 is 1.24 bits per heavy atom. The number of rotatable bonds is 7. The molecule has 0 radical (unpaired) electrons. The highest BCUT2D eigenvalue weighted by Crippen LogP contribution is 2.22. The highest BCUT2D eigenvalue weighted by molar-refractivity contribution is 4.81. The van der Waals surface area contributed by atoms with Crippen LogP contribution in [0.1, 0.15) is 53.9 Å². The molecule has 0 aromatic carbocycles. The van der Waals surface area contributed by atoms with Gasteiger partial charge in [-0.05, 0) is 44.7 Å². The number of likely N-dealkylation sites (tertiary alicyclic amines) is 1. The maximum absolute atomic E-state index is 3.57. The van der Waals surface area contributed by atoms with Crippen molar-refractivity contribution in [2.24, 2.45) is 11.8 Å². The standard InChI is InChI=1S/C15H32N2/c1-6-13(4)9-14(5)17-8-7-15(11-17)10-16-12(2)3/h12-16H,6-11H2,1-5H3. The maximum Gasteiger partial charge on any atom is 0.00695 e. The van der Waals surface area contributed by atoms with Crippen molar-refractivity contribution in [2.45, 2.75) is 66.0 Å². The normalized spacial score (nSPS) is 25.4. The molecule has 0 bridgehead atoms. The van der Waals surface area contributed by atoms with Crippen molar-refractivity contribution in [3.8, 4) is 0 Å². The maximum atomic E-state index is 3.57. The average molecular weight is 240 g/mol. The van der Waals surface area contributed by atoms with E-state index in [-0.39, 0.29) is 0 Å². The first-order chi connectivity index (χ1) is 8.02. The van der Waals surface area contributed by atoms with Crippen LogP contribution in [-0.2, 0) is 0 Å². The molecule has 3 atom stereocenters. The van der Waals surface area contributed by atoms with Crippen molar-refractivity contribution in [1.82, 2.24) is 10.2 Å². The summed E-state index contributed by atoms with van der Waals surface area (Å²) in [7, 11) is 0. The Labute approximate surface area is 108 Å². The number of nitrogens with zero attached hydrogens (tertiary/aromatic N) is 1. The summed E-state index contributed by atoms with van der Waals surface area (Å²) in [6.45, 7) is 15.4. The molecule has 1 N–H and O–H groups in total. The molecule has 1 saturated heterocycles. The predicted molar refractivity (Wildman–Crippen MR) is 76.4 cm³/mol. The van der Waals surface area contributed by atoms with Crippen LogP contribution in [0.25, 0.3) is 0 Å². The minimum Gasteiger partial charge on any atom is -0.314 e. The Hall–Kier alpha value is -0.0800. The summed E-state index contributed by atoms with van der Waals surface area (Å²) >= 11 is 0. The van der Waals surface area contributed by atoms with Gasteiger partial charge >= 0.3 is 0 Å². The topological polar surface area (TPSA) is 15.3 Å². The molecule has 0 aromatic heterocycles. The summed E-state index contributed by atoms with van der Waals surface area (Å²) in [6.07, 6.45) is 4.06. The van der Waals surface area contributed by atoms with Crippen molar-refractivity contribution >= 4 is 0 Å². The molecule has 0 aliphatic carbocycles. The van der Waals surface area contributed by atoms with E-state index < -0.39 is 0 Å². The third-order valence-electron chi connectivity index (χ3n) is 4.20. The first-order valence-electron chi connectivity index (χ1n) is 7.50. The van der Waals surface area contributed by atoms with Gasteiger partial charge in [0.2, 0.25) is 0 Å². The second kappa shape index (κ2) is 7.38. The first kappa shape index (κ1) is 15.0. The largest absolute Gasteiger partial charge is 0.314 e. The summed E-state index contributed by atoms with van der Waals surface area (Å²) in [4.78, 5) is 2.69. The van der Waals surface area contributed by atoms with E-state index >= 15 is 0 Å². The third kappa shape index (κ3) is 5.39. The highest BCUT2D eigenvalue weighted by atomic mass is 15.2. The zero-order chi connectivity index (χ0) is 12.8. The molecule has 17 heavy (non-hydrogen) atoms. The molecule has 0 aromatic rings. The Balaban J connectivity index is 2.24. The van der Waals surface area contributed by atoms with Crippen LogP contribution in [0.2, 0.25) is 0 Å². The molecule has 1 fully saturated rings. The smallest absolute Gasteiger partial charge is 0.00695 e. The second-order valence-electron chi connectivity index (χ2n) is 6.31. The van der Waals surface area contributed by atoms with Crippen LogP contribution in [0.15, 0.2) is 0 Å². The summed E-state index contributed by atoms with van der Waals surface area (Å²) in [6, 6.07) is 1.40. The fourth-order valence-corrected chi connectivity index (χ4v) is 2.73. The zero-order valence-corrected chi connectivity index (χ0v) is 12.5. The van der Waals surface area contributed by atoms with Gasteiger partial charge in [0.05, 0.1) is 0 Å². The second-order valence-corrected chi connectivity index (χ2v) is 6.31.